The number of aromatic carboxylic acids is 1. The first-order chi connectivity index (χ1) is 8.15. The van der Waals surface area contributed by atoms with Crippen LogP contribution >= 0.6 is 0 Å². The van der Waals surface area contributed by atoms with Gasteiger partial charge in [0.15, 0.2) is 0 Å². The second kappa shape index (κ2) is 5.32. The lowest BCUT2D eigenvalue weighted by Gasteiger charge is -2.11. The monoisotopic (exact) mass is 234 g/mol. The zero-order valence-electron chi connectivity index (χ0n) is 10.1. The Morgan fingerprint density at radius 1 is 1.35 bits per heavy atom. The third-order valence-electron chi connectivity index (χ3n) is 3.33. The lowest BCUT2D eigenvalue weighted by molar-refractivity contribution is 0.0434. The Kier molecular flexibility index (Phi) is 3.79. The molecule has 0 aliphatic heterocycles. The van der Waals surface area contributed by atoms with E-state index in [2.05, 4.69) is 6.92 Å². The third kappa shape index (κ3) is 3.30. The maximum atomic E-state index is 10.7. The van der Waals surface area contributed by atoms with Crippen LogP contribution in [0.3, 0.4) is 0 Å². The van der Waals surface area contributed by atoms with Gasteiger partial charge < -0.3 is 9.84 Å². The molecule has 1 N–H and O–H groups in total. The van der Waals surface area contributed by atoms with Gasteiger partial charge in [0, 0.05) is 0 Å². The molecule has 0 aromatic heterocycles. The van der Waals surface area contributed by atoms with Crippen molar-refractivity contribution in [2.75, 3.05) is 0 Å². The molecule has 1 aromatic rings. The number of carbonyl (C=O) groups is 1. The van der Waals surface area contributed by atoms with Gasteiger partial charge in [-0.3, -0.25) is 0 Å². The van der Waals surface area contributed by atoms with Crippen molar-refractivity contribution >= 4 is 5.97 Å². The molecule has 2 rings (SSSR count). The van der Waals surface area contributed by atoms with E-state index in [9.17, 15) is 4.79 Å². The minimum absolute atomic E-state index is 0.322. The third-order valence-corrected chi connectivity index (χ3v) is 3.33. The summed E-state index contributed by atoms with van der Waals surface area (Å²) in [5, 5.41) is 8.78. The van der Waals surface area contributed by atoms with E-state index >= 15 is 0 Å². The van der Waals surface area contributed by atoms with Crippen LogP contribution < -0.4 is 0 Å². The van der Waals surface area contributed by atoms with Gasteiger partial charge in [-0.15, -0.1) is 0 Å². The lowest BCUT2D eigenvalue weighted by Crippen LogP contribution is -2.08. The maximum Gasteiger partial charge on any atom is 0.335 e. The summed E-state index contributed by atoms with van der Waals surface area (Å²) in [7, 11) is 0. The topological polar surface area (TPSA) is 46.5 Å². The highest BCUT2D eigenvalue weighted by atomic mass is 16.5. The van der Waals surface area contributed by atoms with E-state index in [4.69, 9.17) is 9.84 Å². The van der Waals surface area contributed by atoms with Crippen molar-refractivity contribution in [3.63, 3.8) is 0 Å². The summed E-state index contributed by atoms with van der Waals surface area (Å²) in [5.74, 6) is -0.114. The molecule has 3 heteroatoms. The minimum atomic E-state index is -0.887. The molecule has 92 valence electrons. The Morgan fingerprint density at radius 3 is 2.59 bits per heavy atom. The van der Waals surface area contributed by atoms with Crippen molar-refractivity contribution in [1.29, 1.82) is 0 Å². The zero-order valence-corrected chi connectivity index (χ0v) is 10.1. The quantitative estimate of drug-likeness (QED) is 0.870. The molecule has 2 unspecified atom stereocenters. The number of hydrogen-bond donors (Lipinski definition) is 1. The molecule has 17 heavy (non-hydrogen) atoms. The van der Waals surface area contributed by atoms with Crippen molar-refractivity contribution in [3.8, 4) is 0 Å². The fraction of sp³-hybridized carbons (Fsp3) is 0.500. The number of hydrogen-bond acceptors (Lipinski definition) is 2. The molecule has 0 amide bonds. The van der Waals surface area contributed by atoms with E-state index in [1.54, 1.807) is 12.1 Å². The number of carboxylic acids is 1. The molecule has 3 nitrogen and oxygen atoms in total. The minimum Gasteiger partial charge on any atom is -0.478 e. The molecule has 0 bridgehead atoms. The Hall–Kier alpha value is -1.35. The second-order valence-electron chi connectivity index (χ2n) is 4.85. The Morgan fingerprint density at radius 2 is 2.06 bits per heavy atom. The van der Waals surface area contributed by atoms with Crippen LogP contribution in [0.1, 0.15) is 42.1 Å². The summed E-state index contributed by atoms with van der Waals surface area (Å²) in [6.45, 7) is 2.84. The van der Waals surface area contributed by atoms with Gasteiger partial charge in [0.1, 0.15) is 0 Å². The first-order valence-corrected chi connectivity index (χ1v) is 6.09. The number of rotatable bonds is 4. The van der Waals surface area contributed by atoms with Gasteiger partial charge in [-0.1, -0.05) is 19.1 Å². The van der Waals surface area contributed by atoms with Gasteiger partial charge in [0.25, 0.3) is 0 Å². The highest BCUT2D eigenvalue weighted by molar-refractivity contribution is 5.87. The normalized spacial score (nSPS) is 23.8. The molecule has 1 aliphatic carbocycles. The standard InChI is InChI=1S/C14H18O3/c1-10-2-7-13(8-10)17-9-11-3-5-12(6-4-11)14(15)16/h3-6,10,13H,2,7-9H2,1H3,(H,15,16). The Bertz CT molecular complexity index is 383. The molecule has 1 saturated carbocycles. The van der Waals surface area contributed by atoms with Crippen LogP contribution in [0.2, 0.25) is 0 Å². The first-order valence-electron chi connectivity index (χ1n) is 6.09. The predicted molar refractivity (Wildman–Crippen MR) is 65.0 cm³/mol. The SMILES string of the molecule is CC1CCC(OCc2ccc(C(=O)O)cc2)C1. The molecule has 1 aromatic carbocycles. The molecule has 0 spiro atoms. The molecule has 1 aliphatic rings. The van der Waals surface area contributed by atoms with E-state index in [1.165, 1.54) is 6.42 Å². The van der Waals surface area contributed by atoms with Gasteiger partial charge in [0.05, 0.1) is 18.3 Å². The van der Waals surface area contributed by atoms with Crippen LogP contribution in [0, 0.1) is 5.92 Å². The van der Waals surface area contributed by atoms with E-state index in [0.29, 0.717) is 18.3 Å². The highest BCUT2D eigenvalue weighted by Gasteiger charge is 2.21. The summed E-state index contributed by atoms with van der Waals surface area (Å²) in [6, 6.07) is 6.89. The Labute approximate surface area is 101 Å². The van der Waals surface area contributed by atoms with Crippen molar-refractivity contribution in [1.82, 2.24) is 0 Å². The molecule has 1 fully saturated rings. The van der Waals surface area contributed by atoms with E-state index in [0.717, 1.165) is 24.3 Å². The van der Waals surface area contributed by atoms with Crippen molar-refractivity contribution in [2.24, 2.45) is 5.92 Å². The van der Waals surface area contributed by atoms with Crippen LogP contribution in [0.4, 0.5) is 0 Å². The lowest BCUT2D eigenvalue weighted by atomic mass is 10.1. The molecule has 2 atom stereocenters. The summed E-state index contributed by atoms with van der Waals surface area (Å²) < 4.78 is 5.81. The molecular weight excluding hydrogens is 216 g/mol. The predicted octanol–water partition coefficient (Wildman–Crippen LogP) is 3.09. The Balaban J connectivity index is 1.85. The smallest absolute Gasteiger partial charge is 0.335 e. The van der Waals surface area contributed by atoms with Crippen molar-refractivity contribution in [3.05, 3.63) is 35.4 Å². The van der Waals surface area contributed by atoms with Gasteiger partial charge >= 0.3 is 5.97 Å². The van der Waals surface area contributed by atoms with E-state index < -0.39 is 5.97 Å². The van der Waals surface area contributed by atoms with Crippen LogP contribution in [-0.2, 0) is 11.3 Å². The molecule has 0 heterocycles. The molecule has 0 radical (unpaired) electrons. The largest absolute Gasteiger partial charge is 0.478 e. The average molecular weight is 234 g/mol. The molecule has 0 saturated heterocycles. The van der Waals surface area contributed by atoms with Crippen LogP contribution in [-0.4, -0.2) is 17.2 Å². The summed E-state index contributed by atoms with van der Waals surface area (Å²) >= 11 is 0. The maximum absolute atomic E-state index is 10.7. The van der Waals surface area contributed by atoms with E-state index in [-0.39, 0.29) is 0 Å². The van der Waals surface area contributed by atoms with Crippen LogP contribution in [0.25, 0.3) is 0 Å². The zero-order chi connectivity index (χ0) is 12.3. The summed E-state index contributed by atoms with van der Waals surface area (Å²) in [4.78, 5) is 10.7. The van der Waals surface area contributed by atoms with Crippen LogP contribution in [0.15, 0.2) is 24.3 Å². The number of benzene rings is 1. The highest BCUT2D eigenvalue weighted by Crippen LogP contribution is 2.27. The fourth-order valence-electron chi connectivity index (χ4n) is 2.26. The van der Waals surface area contributed by atoms with Gasteiger partial charge in [-0.25, -0.2) is 4.79 Å². The summed E-state index contributed by atoms with van der Waals surface area (Å²) in [5.41, 5.74) is 1.36. The average Bonchev–Trinajstić information content (AvgIpc) is 2.73. The van der Waals surface area contributed by atoms with Crippen molar-refractivity contribution < 1.29 is 14.6 Å². The van der Waals surface area contributed by atoms with E-state index in [1.807, 2.05) is 12.1 Å². The molecular formula is C14H18O3. The van der Waals surface area contributed by atoms with Crippen LogP contribution in [0.5, 0.6) is 0 Å². The van der Waals surface area contributed by atoms with Crippen molar-refractivity contribution in [2.45, 2.75) is 38.9 Å². The first kappa shape index (κ1) is 12.1. The van der Waals surface area contributed by atoms with Gasteiger partial charge in [0.2, 0.25) is 0 Å². The number of ether oxygens (including phenoxy) is 1. The fourth-order valence-corrected chi connectivity index (χ4v) is 2.26. The van der Waals surface area contributed by atoms with Gasteiger partial charge in [-0.05, 0) is 42.9 Å². The number of carboxylic acid groups (broad SMARTS) is 1. The van der Waals surface area contributed by atoms with Gasteiger partial charge in [-0.2, -0.15) is 0 Å². The second-order valence-corrected chi connectivity index (χ2v) is 4.85. The summed E-state index contributed by atoms with van der Waals surface area (Å²) in [6.07, 6.45) is 3.92.